The van der Waals surface area contributed by atoms with Crippen LogP contribution in [0, 0.1) is 26.7 Å². The summed E-state index contributed by atoms with van der Waals surface area (Å²) in [5.74, 6) is 0.682. The van der Waals surface area contributed by atoms with Gasteiger partial charge in [-0.3, -0.25) is 9.59 Å². The maximum absolute atomic E-state index is 13.0. The number of pyridine rings is 1. The van der Waals surface area contributed by atoms with Crippen LogP contribution in [0.5, 0.6) is 0 Å². The molecule has 1 fully saturated rings. The van der Waals surface area contributed by atoms with Crippen molar-refractivity contribution in [2.75, 3.05) is 32.1 Å². The predicted octanol–water partition coefficient (Wildman–Crippen LogP) is 4.25. The summed E-state index contributed by atoms with van der Waals surface area (Å²) < 4.78 is 1.63. The van der Waals surface area contributed by atoms with Crippen molar-refractivity contribution in [2.24, 2.45) is 13.0 Å². The number of carbonyl (C=O) groups excluding carboxylic acids is 1. The first-order valence-electron chi connectivity index (χ1n) is 12.1. The van der Waals surface area contributed by atoms with E-state index < -0.39 is 0 Å². The summed E-state index contributed by atoms with van der Waals surface area (Å²) in [7, 11) is 6.08. The molecule has 0 bridgehead atoms. The van der Waals surface area contributed by atoms with Gasteiger partial charge in [-0.2, -0.15) is 0 Å². The van der Waals surface area contributed by atoms with Crippen molar-refractivity contribution in [3.8, 4) is 0 Å². The zero-order valence-electron chi connectivity index (χ0n) is 21.3. The standard InChI is InChI=1S/C26H40N4O2S/c1-8-30(21-11-9-20(10-12-21)15-28(5)6)26-19(4)23(16-33-26)24(31)27-14-22-17(2)13-18(3)29(7)25(22)32/h13,16,20-21H,8-12,14-15H2,1-7H3,(H,27,31). The number of amides is 1. The number of aryl methyl sites for hydroxylation is 2. The fraction of sp³-hybridized carbons (Fsp3) is 0.615. The first kappa shape index (κ1) is 25.5. The molecular weight excluding hydrogens is 432 g/mol. The molecule has 2 aromatic heterocycles. The quantitative estimate of drug-likeness (QED) is 0.624. The number of nitrogens with one attached hydrogen (secondary N) is 1. The van der Waals surface area contributed by atoms with Crippen LogP contribution >= 0.6 is 11.3 Å². The Morgan fingerprint density at radius 1 is 1.18 bits per heavy atom. The number of anilines is 1. The lowest BCUT2D eigenvalue weighted by Crippen LogP contribution is -2.39. The third kappa shape index (κ3) is 5.69. The maximum Gasteiger partial charge on any atom is 0.255 e. The number of rotatable bonds is 8. The Morgan fingerprint density at radius 2 is 1.85 bits per heavy atom. The molecule has 3 rings (SSSR count). The van der Waals surface area contributed by atoms with Crippen LogP contribution in [0.25, 0.3) is 0 Å². The summed E-state index contributed by atoms with van der Waals surface area (Å²) in [4.78, 5) is 30.4. The zero-order chi connectivity index (χ0) is 24.3. The van der Waals surface area contributed by atoms with E-state index >= 15 is 0 Å². The fourth-order valence-corrected chi connectivity index (χ4v) is 6.36. The fourth-order valence-electron chi connectivity index (χ4n) is 5.14. The molecule has 1 aliphatic rings. The van der Waals surface area contributed by atoms with E-state index in [4.69, 9.17) is 0 Å². The largest absolute Gasteiger partial charge is 0.361 e. The van der Waals surface area contributed by atoms with Crippen molar-refractivity contribution in [3.63, 3.8) is 0 Å². The Morgan fingerprint density at radius 3 is 2.45 bits per heavy atom. The predicted molar refractivity (Wildman–Crippen MR) is 139 cm³/mol. The van der Waals surface area contributed by atoms with E-state index in [1.165, 1.54) is 37.2 Å². The second kappa shape index (κ2) is 10.9. The molecule has 1 amide bonds. The van der Waals surface area contributed by atoms with Crippen LogP contribution < -0.4 is 15.8 Å². The second-order valence-electron chi connectivity index (χ2n) is 9.80. The summed E-state index contributed by atoms with van der Waals surface area (Å²) in [6, 6.07) is 2.53. The average Bonchev–Trinajstić information content (AvgIpc) is 3.14. The number of carbonyl (C=O) groups is 1. The highest BCUT2D eigenvalue weighted by molar-refractivity contribution is 7.14. The molecule has 0 saturated heterocycles. The van der Waals surface area contributed by atoms with Gasteiger partial charge in [0.15, 0.2) is 0 Å². The van der Waals surface area contributed by atoms with Gasteiger partial charge in [-0.15, -0.1) is 11.3 Å². The molecule has 0 aromatic carbocycles. The third-order valence-electron chi connectivity index (χ3n) is 7.16. The number of aromatic nitrogens is 1. The average molecular weight is 473 g/mol. The molecule has 33 heavy (non-hydrogen) atoms. The Balaban J connectivity index is 1.69. The minimum atomic E-state index is -0.109. The van der Waals surface area contributed by atoms with Gasteiger partial charge in [-0.1, -0.05) is 0 Å². The molecule has 6 nitrogen and oxygen atoms in total. The van der Waals surface area contributed by atoms with Gasteiger partial charge in [-0.05, 0) is 90.6 Å². The van der Waals surface area contributed by atoms with Crippen molar-refractivity contribution < 1.29 is 4.79 Å². The van der Waals surface area contributed by atoms with Crippen molar-refractivity contribution in [1.29, 1.82) is 0 Å². The van der Waals surface area contributed by atoms with Crippen LogP contribution in [0.2, 0.25) is 0 Å². The van der Waals surface area contributed by atoms with E-state index in [0.717, 1.165) is 34.8 Å². The van der Waals surface area contributed by atoms with Gasteiger partial charge in [0.1, 0.15) is 0 Å². The van der Waals surface area contributed by atoms with Crippen molar-refractivity contribution in [3.05, 3.63) is 49.7 Å². The monoisotopic (exact) mass is 472 g/mol. The van der Waals surface area contributed by atoms with E-state index in [1.54, 1.807) is 23.0 Å². The topological polar surface area (TPSA) is 57.6 Å². The lowest BCUT2D eigenvalue weighted by atomic mass is 9.85. The van der Waals surface area contributed by atoms with E-state index in [1.807, 2.05) is 25.3 Å². The highest BCUT2D eigenvalue weighted by Crippen LogP contribution is 2.37. The molecule has 0 atom stereocenters. The van der Waals surface area contributed by atoms with Gasteiger partial charge in [0.2, 0.25) is 0 Å². The molecule has 1 saturated carbocycles. The Kier molecular flexibility index (Phi) is 8.40. The Hall–Kier alpha value is -2.12. The molecule has 2 aromatic rings. The number of thiophene rings is 1. The van der Waals surface area contributed by atoms with Crippen LogP contribution in [-0.2, 0) is 13.6 Å². The summed E-state index contributed by atoms with van der Waals surface area (Å²) in [6.45, 7) is 10.5. The van der Waals surface area contributed by atoms with Crippen LogP contribution in [-0.4, -0.2) is 48.6 Å². The SMILES string of the molecule is CCN(c1scc(C(=O)NCc2c(C)cc(C)n(C)c2=O)c1C)C1CCC(CN(C)C)CC1. The van der Waals surface area contributed by atoms with Crippen LogP contribution in [0.4, 0.5) is 5.00 Å². The van der Waals surface area contributed by atoms with E-state index in [9.17, 15) is 9.59 Å². The summed E-state index contributed by atoms with van der Waals surface area (Å²) in [5.41, 5.74) is 4.20. The lowest BCUT2D eigenvalue weighted by molar-refractivity contribution is 0.0950. The highest BCUT2D eigenvalue weighted by atomic mass is 32.1. The van der Waals surface area contributed by atoms with Gasteiger partial charge in [0, 0.05) is 49.4 Å². The van der Waals surface area contributed by atoms with Gasteiger partial charge in [0.05, 0.1) is 10.6 Å². The van der Waals surface area contributed by atoms with Crippen molar-refractivity contribution in [1.82, 2.24) is 14.8 Å². The van der Waals surface area contributed by atoms with Crippen LogP contribution in [0.1, 0.15) is 65.3 Å². The molecule has 0 radical (unpaired) electrons. The lowest BCUT2D eigenvalue weighted by Gasteiger charge is -2.38. The van der Waals surface area contributed by atoms with Gasteiger partial charge < -0.3 is 19.7 Å². The smallest absolute Gasteiger partial charge is 0.255 e. The highest BCUT2D eigenvalue weighted by Gasteiger charge is 2.28. The van der Waals surface area contributed by atoms with Gasteiger partial charge >= 0.3 is 0 Å². The Labute approximate surface area is 202 Å². The molecular formula is C26H40N4O2S. The molecule has 7 heteroatoms. The molecule has 182 valence electrons. The summed E-state index contributed by atoms with van der Waals surface area (Å²) in [6.07, 6.45) is 4.95. The normalized spacial score (nSPS) is 18.5. The summed E-state index contributed by atoms with van der Waals surface area (Å²) in [5, 5.41) is 6.17. The minimum Gasteiger partial charge on any atom is -0.361 e. The van der Waals surface area contributed by atoms with Crippen molar-refractivity contribution in [2.45, 2.75) is 66.0 Å². The molecule has 1 aliphatic carbocycles. The number of hydrogen-bond donors (Lipinski definition) is 1. The van der Waals surface area contributed by atoms with Gasteiger partial charge in [0.25, 0.3) is 11.5 Å². The van der Waals surface area contributed by atoms with E-state index in [-0.39, 0.29) is 18.0 Å². The van der Waals surface area contributed by atoms with Gasteiger partial charge in [-0.25, -0.2) is 0 Å². The number of hydrogen-bond acceptors (Lipinski definition) is 5. The van der Waals surface area contributed by atoms with Crippen LogP contribution in [0.15, 0.2) is 16.2 Å². The van der Waals surface area contributed by atoms with E-state index in [0.29, 0.717) is 11.6 Å². The molecule has 0 aliphatic heterocycles. The molecule has 1 N–H and O–H groups in total. The third-order valence-corrected chi connectivity index (χ3v) is 8.28. The Bertz CT molecular complexity index is 1030. The molecule has 2 heterocycles. The molecule has 0 unspecified atom stereocenters. The van der Waals surface area contributed by atoms with Crippen molar-refractivity contribution >= 4 is 22.2 Å². The summed E-state index contributed by atoms with van der Waals surface area (Å²) >= 11 is 1.67. The minimum absolute atomic E-state index is 0.0439. The molecule has 0 spiro atoms. The maximum atomic E-state index is 13.0. The van der Waals surface area contributed by atoms with E-state index in [2.05, 4.69) is 43.1 Å². The first-order valence-corrected chi connectivity index (χ1v) is 13.0. The second-order valence-corrected chi connectivity index (χ2v) is 10.7. The number of nitrogens with zero attached hydrogens (tertiary/aromatic N) is 3. The zero-order valence-corrected chi connectivity index (χ0v) is 22.1. The van der Waals surface area contributed by atoms with Crippen LogP contribution in [0.3, 0.4) is 0 Å². The first-order chi connectivity index (χ1) is 15.6.